The van der Waals surface area contributed by atoms with Crippen LogP contribution in [0.1, 0.15) is 30.7 Å². The summed E-state index contributed by atoms with van der Waals surface area (Å²) in [6.45, 7) is 0.278. The Hall–Kier alpha value is -1.98. The fourth-order valence-electron chi connectivity index (χ4n) is 2.22. The van der Waals surface area contributed by atoms with Gasteiger partial charge in [-0.25, -0.2) is 8.78 Å². The normalized spacial score (nSPS) is 20.5. The molecule has 1 aliphatic rings. The zero-order valence-electron chi connectivity index (χ0n) is 10.7. The van der Waals surface area contributed by atoms with E-state index in [-0.39, 0.29) is 36.3 Å². The Bertz CT molecular complexity index is 533. The number of hydrogen-bond donors (Lipinski definition) is 2. The number of amides is 1. The summed E-state index contributed by atoms with van der Waals surface area (Å²) < 4.78 is 26.6. The van der Waals surface area contributed by atoms with E-state index in [4.69, 9.17) is 5.11 Å². The third kappa shape index (κ3) is 3.31. The van der Waals surface area contributed by atoms with Crippen molar-refractivity contribution >= 4 is 11.9 Å². The predicted octanol–water partition coefficient (Wildman–Crippen LogP) is 2.05. The minimum absolute atomic E-state index is 0.00704. The van der Waals surface area contributed by atoms with E-state index in [1.165, 1.54) is 12.1 Å². The summed E-state index contributed by atoms with van der Waals surface area (Å²) >= 11 is 0. The Morgan fingerprint density at radius 3 is 2.80 bits per heavy atom. The van der Waals surface area contributed by atoms with Crippen molar-refractivity contribution in [1.29, 1.82) is 0 Å². The van der Waals surface area contributed by atoms with Crippen LogP contribution in [-0.4, -0.2) is 23.5 Å². The lowest BCUT2D eigenvalue weighted by molar-refractivity contribution is -0.137. The number of nitrogens with one attached hydrogen (secondary N) is 1. The molecular weight excluding hydrogens is 268 g/mol. The second-order valence-electron chi connectivity index (χ2n) is 4.88. The van der Waals surface area contributed by atoms with Gasteiger partial charge in [-0.15, -0.1) is 0 Å². The molecule has 1 aromatic rings. The number of carboxylic acids is 1. The summed E-state index contributed by atoms with van der Waals surface area (Å²) in [5.74, 6) is -3.58. The molecule has 0 aliphatic heterocycles. The average Bonchev–Trinajstić information content (AvgIpc) is 3.17. The number of hydrogen-bond acceptors (Lipinski definition) is 2. The number of rotatable bonds is 6. The summed E-state index contributed by atoms with van der Waals surface area (Å²) in [4.78, 5) is 22.1. The Labute approximate surface area is 114 Å². The van der Waals surface area contributed by atoms with Crippen molar-refractivity contribution in [3.63, 3.8) is 0 Å². The fourth-order valence-corrected chi connectivity index (χ4v) is 2.22. The highest BCUT2D eigenvalue weighted by atomic mass is 19.2. The molecule has 108 valence electrons. The van der Waals surface area contributed by atoms with Crippen molar-refractivity contribution in [3.8, 4) is 0 Å². The van der Waals surface area contributed by atoms with Crippen molar-refractivity contribution in [2.45, 2.75) is 25.2 Å². The molecule has 2 N–H and O–H groups in total. The van der Waals surface area contributed by atoms with Gasteiger partial charge in [-0.1, -0.05) is 12.1 Å². The fraction of sp³-hybridized carbons (Fsp3) is 0.429. The van der Waals surface area contributed by atoms with Crippen LogP contribution in [0.4, 0.5) is 8.78 Å². The van der Waals surface area contributed by atoms with Gasteiger partial charge in [0, 0.05) is 18.9 Å². The molecule has 0 radical (unpaired) electrons. The second kappa shape index (κ2) is 5.98. The Kier molecular flexibility index (Phi) is 4.32. The van der Waals surface area contributed by atoms with Crippen LogP contribution in [0, 0.1) is 17.6 Å². The summed E-state index contributed by atoms with van der Waals surface area (Å²) in [6.07, 6.45) is 0.838. The highest BCUT2D eigenvalue weighted by Gasteiger charge is 2.45. The highest BCUT2D eigenvalue weighted by Crippen LogP contribution is 2.48. The maximum atomic E-state index is 13.6. The van der Waals surface area contributed by atoms with E-state index in [1.54, 1.807) is 0 Å². The zero-order valence-corrected chi connectivity index (χ0v) is 10.7. The molecule has 2 unspecified atom stereocenters. The SMILES string of the molecule is O=C(O)CCCNC(=O)C1CC1c1cccc(F)c1F. The summed E-state index contributed by atoms with van der Waals surface area (Å²) in [6, 6.07) is 3.96. The van der Waals surface area contributed by atoms with Gasteiger partial charge in [0.2, 0.25) is 5.91 Å². The minimum Gasteiger partial charge on any atom is -0.481 e. The highest BCUT2D eigenvalue weighted by molar-refractivity contribution is 5.82. The van der Waals surface area contributed by atoms with E-state index in [1.807, 2.05) is 0 Å². The van der Waals surface area contributed by atoms with Crippen molar-refractivity contribution in [3.05, 3.63) is 35.4 Å². The first-order valence-electron chi connectivity index (χ1n) is 6.44. The first-order valence-corrected chi connectivity index (χ1v) is 6.44. The van der Waals surface area contributed by atoms with Crippen LogP contribution in [0.15, 0.2) is 18.2 Å². The van der Waals surface area contributed by atoms with Crippen LogP contribution in [0.5, 0.6) is 0 Å². The Morgan fingerprint density at radius 1 is 1.35 bits per heavy atom. The van der Waals surface area contributed by atoms with Crippen molar-refractivity contribution in [1.82, 2.24) is 5.32 Å². The molecule has 4 nitrogen and oxygen atoms in total. The van der Waals surface area contributed by atoms with Gasteiger partial charge < -0.3 is 10.4 Å². The monoisotopic (exact) mass is 283 g/mol. The molecular formula is C14H15F2NO3. The zero-order chi connectivity index (χ0) is 14.7. The molecule has 1 aliphatic carbocycles. The Morgan fingerprint density at radius 2 is 2.10 bits per heavy atom. The first kappa shape index (κ1) is 14.4. The standard InChI is InChI=1S/C14H15F2NO3/c15-11-4-1-3-8(13(11)16)9-7-10(9)14(20)17-6-2-5-12(18)19/h1,3-4,9-10H,2,5-7H2,(H,17,20)(H,18,19). The summed E-state index contributed by atoms with van der Waals surface area (Å²) in [5, 5.41) is 11.1. The van der Waals surface area contributed by atoms with E-state index < -0.39 is 17.6 Å². The van der Waals surface area contributed by atoms with Gasteiger partial charge in [0.25, 0.3) is 0 Å². The number of halogens is 2. The van der Waals surface area contributed by atoms with E-state index in [0.29, 0.717) is 12.8 Å². The van der Waals surface area contributed by atoms with E-state index >= 15 is 0 Å². The topological polar surface area (TPSA) is 66.4 Å². The third-order valence-corrected chi connectivity index (χ3v) is 3.37. The van der Waals surface area contributed by atoms with Crippen molar-refractivity contribution in [2.75, 3.05) is 6.54 Å². The molecule has 2 atom stereocenters. The number of benzene rings is 1. The minimum atomic E-state index is -0.912. The molecule has 1 aromatic carbocycles. The number of carbonyl (C=O) groups excluding carboxylic acids is 1. The van der Waals surface area contributed by atoms with Crippen LogP contribution in [0.2, 0.25) is 0 Å². The maximum Gasteiger partial charge on any atom is 0.303 e. The van der Waals surface area contributed by atoms with Gasteiger partial charge in [0.1, 0.15) is 0 Å². The molecule has 0 heterocycles. The van der Waals surface area contributed by atoms with Crippen LogP contribution >= 0.6 is 0 Å². The largest absolute Gasteiger partial charge is 0.481 e. The lowest BCUT2D eigenvalue weighted by Crippen LogP contribution is -2.26. The van der Waals surface area contributed by atoms with Crippen molar-refractivity contribution in [2.24, 2.45) is 5.92 Å². The van der Waals surface area contributed by atoms with E-state index in [2.05, 4.69) is 5.32 Å². The van der Waals surface area contributed by atoms with Crippen LogP contribution in [0.25, 0.3) is 0 Å². The van der Waals surface area contributed by atoms with Crippen LogP contribution in [0.3, 0.4) is 0 Å². The molecule has 20 heavy (non-hydrogen) atoms. The van der Waals surface area contributed by atoms with Gasteiger partial charge in [-0.2, -0.15) is 0 Å². The van der Waals surface area contributed by atoms with Crippen LogP contribution < -0.4 is 5.32 Å². The lowest BCUT2D eigenvalue weighted by atomic mass is 10.1. The first-order chi connectivity index (χ1) is 9.50. The van der Waals surface area contributed by atoms with E-state index in [0.717, 1.165) is 6.07 Å². The summed E-state index contributed by atoms with van der Waals surface area (Å²) in [7, 11) is 0. The molecule has 1 fully saturated rings. The van der Waals surface area contributed by atoms with Gasteiger partial charge in [0.05, 0.1) is 0 Å². The van der Waals surface area contributed by atoms with Gasteiger partial charge in [0.15, 0.2) is 11.6 Å². The molecule has 0 spiro atoms. The second-order valence-corrected chi connectivity index (χ2v) is 4.88. The predicted molar refractivity (Wildman–Crippen MR) is 67.1 cm³/mol. The van der Waals surface area contributed by atoms with Crippen molar-refractivity contribution < 1.29 is 23.5 Å². The maximum absolute atomic E-state index is 13.6. The lowest BCUT2D eigenvalue weighted by Gasteiger charge is -2.05. The molecule has 0 saturated heterocycles. The number of carboxylic acid groups (broad SMARTS) is 1. The van der Waals surface area contributed by atoms with Gasteiger partial charge in [-0.3, -0.25) is 9.59 Å². The molecule has 1 saturated carbocycles. The Balaban J connectivity index is 1.83. The summed E-state index contributed by atoms with van der Waals surface area (Å²) in [5.41, 5.74) is 0.232. The van der Waals surface area contributed by atoms with Crippen LogP contribution in [-0.2, 0) is 9.59 Å². The van der Waals surface area contributed by atoms with Gasteiger partial charge >= 0.3 is 5.97 Å². The van der Waals surface area contributed by atoms with Gasteiger partial charge in [-0.05, 0) is 30.4 Å². The quantitative estimate of drug-likeness (QED) is 0.785. The third-order valence-electron chi connectivity index (χ3n) is 3.37. The molecule has 0 bridgehead atoms. The smallest absolute Gasteiger partial charge is 0.303 e. The molecule has 0 aromatic heterocycles. The molecule has 6 heteroatoms. The molecule has 1 amide bonds. The molecule has 2 rings (SSSR count). The average molecular weight is 283 g/mol. The number of carbonyl (C=O) groups is 2. The number of aliphatic carboxylic acids is 1. The van der Waals surface area contributed by atoms with E-state index in [9.17, 15) is 18.4 Å².